The molecule has 1 aliphatic carbocycles. The van der Waals surface area contributed by atoms with E-state index in [1.165, 1.54) is 44.9 Å². The van der Waals surface area contributed by atoms with Gasteiger partial charge in [-0.1, -0.05) is 39.0 Å². The van der Waals surface area contributed by atoms with Gasteiger partial charge in [0.25, 0.3) is 0 Å². The number of hydrogen-bond donors (Lipinski definition) is 1. The van der Waals surface area contributed by atoms with Crippen molar-refractivity contribution in [1.82, 2.24) is 10.2 Å². The summed E-state index contributed by atoms with van der Waals surface area (Å²) in [4.78, 5) is 14.6. The summed E-state index contributed by atoms with van der Waals surface area (Å²) in [6.45, 7) is 6.16. The van der Waals surface area contributed by atoms with E-state index in [1.807, 2.05) is 11.8 Å². The minimum Gasteiger partial charge on any atom is -0.352 e. The number of carbonyl (C=O) groups is 1. The Morgan fingerprint density at radius 3 is 2.50 bits per heavy atom. The number of rotatable bonds is 3. The van der Waals surface area contributed by atoms with E-state index in [0.717, 1.165) is 12.3 Å². The van der Waals surface area contributed by atoms with Crippen molar-refractivity contribution < 1.29 is 4.79 Å². The number of nitrogens with zero attached hydrogens (tertiary/aromatic N) is 1. The Kier molecular flexibility index (Phi) is 6.69. The molecule has 1 heterocycles. The molecule has 1 saturated heterocycles. The Balaban J connectivity index is 1.76. The van der Waals surface area contributed by atoms with Gasteiger partial charge in [0.05, 0.1) is 6.54 Å². The van der Waals surface area contributed by atoms with Gasteiger partial charge in [0.1, 0.15) is 0 Å². The van der Waals surface area contributed by atoms with Crippen LogP contribution in [0.15, 0.2) is 0 Å². The van der Waals surface area contributed by atoms with Crippen LogP contribution in [0.5, 0.6) is 0 Å². The van der Waals surface area contributed by atoms with E-state index in [0.29, 0.717) is 23.9 Å². The van der Waals surface area contributed by atoms with Gasteiger partial charge in [0.15, 0.2) is 0 Å². The quantitative estimate of drug-likeness (QED) is 0.869. The van der Waals surface area contributed by atoms with E-state index in [-0.39, 0.29) is 5.91 Å². The first-order valence-corrected chi connectivity index (χ1v) is 9.36. The first-order chi connectivity index (χ1) is 9.66. The monoisotopic (exact) mass is 298 g/mol. The maximum absolute atomic E-state index is 12.3. The molecular formula is C16H30N2OS. The molecule has 0 aromatic rings. The molecule has 0 bridgehead atoms. The SMILES string of the molecule is CC1SCCN(CC(=O)NC2CCCCCCC2)C1C. The zero-order chi connectivity index (χ0) is 14.4. The van der Waals surface area contributed by atoms with Crippen LogP contribution < -0.4 is 5.32 Å². The normalized spacial score (nSPS) is 30.5. The molecule has 4 heteroatoms. The Hall–Kier alpha value is -0.220. The molecule has 3 nitrogen and oxygen atoms in total. The van der Waals surface area contributed by atoms with Crippen molar-refractivity contribution in [3.05, 3.63) is 0 Å². The third-order valence-electron chi connectivity index (χ3n) is 4.83. The summed E-state index contributed by atoms with van der Waals surface area (Å²) < 4.78 is 0. The average molecular weight is 298 g/mol. The summed E-state index contributed by atoms with van der Waals surface area (Å²) in [6.07, 6.45) is 8.95. The Morgan fingerprint density at radius 1 is 1.15 bits per heavy atom. The number of hydrogen-bond acceptors (Lipinski definition) is 3. The van der Waals surface area contributed by atoms with Crippen LogP contribution >= 0.6 is 11.8 Å². The van der Waals surface area contributed by atoms with Gasteiger partial charge in [0, 0.05) is 29.6 Å². The third-order valence-corrected chi connectivity index (χ3v) is 6.17. The van der Waals surface area contributed by atoms with Gasteiger partial charge in [0.2, 0.25) is 5.91 Å². The average Bonchev–Trinajstić information content (AvgIpc) is 2.38. The Labute approximate surface area is 128 Å². The van der Waals surface area contributed by atoms with E-state index in [4.69, 9.17) is 0 Å². The molecule has 0 spiro atoms. The van der Waals surface area contributed by atoms with Gasteiger partial charge < -0.3 is 5.32 Å². The number of amides is 1. The lowest BCUT2D eigenvalue weighted by Crippen LogP contribution is -2.50. The zero-order valence-corrected chi connectivity index (χ0v) is 13.9. The molecular weight excluding hydrogens is 268 g/mol. The zero-order valence-electron chi connectivity index (χ0n) is 13.1. The van der Waals surface area contributed by atoms with Crippen LogP contribution in [0.1, 0.15) is 58.8 Å². The maximum atomic E-state index is 12.3. The highest BCUT2D eigenvalue weighted by Crippen LogP contribution is 2.24. The van der Waals surface area contributed by atoms with E-state index < -0.39 is 0 Å². The summed E-state index contributed by atoms with van der Waals surface area (Å²) in [5.41, 5.74) is 0. The highest BCUT2D eigenvalue weighted by molar-refractivity contribution is 8.00. The molecule has 1 amide bonds. The minimum absolute atomic E-state index is 0.238. The van der Waals surface area contributed by atoms with Crippen molar-refractivity contribution in [2.45, 2.75) is 76.1 Å². The maximum Gasteiger partial charge on any atom is 0.234 e. The van der Waals surface area contributed by atoms with Crippen LogP contribution in [0.2, 0.25) is 0 Å². The Bertz CT molecular complexity index is 303. The Morgan fingerprint density at radius 2 is 1.80 bits per heavy atom. The first kappa shape index (κ1) is 16.2. The molecule has 116 valence electrons. The molecule has 2 fully saturated rings. The van der Waals surface area contributed by atoms with Gasteiger partial charge in [-0.25, -0.2) is 0 Å². The van der Waals surface area contributed by atoms with Gasteiger partial charge in [-0.05, 0) is 19.8 Å². The molecule has 2 unspecified atom stereocenters. The van der Waals surface area contributed by atoms with Crippen LogP contribution in [0.3, 0.4) is 0 Å². The molecule has 20 heavy (non-hydrogen) atoms. The van der Waals surface area contributed by atoms with Crippen molar-refractivity contribution in [2.24, 2.45) is 0 Å². The molecule has 0 aromatic heterocycles. The molecule has 2 aliphatic rings. The highest BCUT2D eigenvalue weighted by atomic mass is 32.2. The summed E-state index contributed by atoms with van der Waals surface area (Å²) >= 11 is 2.02. The molecule has 1 saturated carbocycles. The molecule has 0 aromatic carbocycles. The van der Waals surface area contributed by atoms with Crippen molar-refractivity contribution in [1.29, 1.82) is 0 Å². The first-order valence-electron chi connectivity index (χ1n) is 8.32. The van der Waals surface area contributed by atoms with Gasteiger partial charge in [-0.2, -0.15) is 11.8 Å². The third kappa shape index (κ3) is 4.96. The summed E-state index contributed by atoms with van der Waals surface area (Å²) in [5.74, 6) is 1.39. The molecule has 0 radical (unpaired) electrons. The van der Waals surface area contributed by atoms with E-state index in [2.05, 4.69) is 24.1 Å². The van der Waals surface area contributed by atoms with Gasteiger partial charge in [-0.3, -0.25) is 9.69 Å². The van der Waals surface area contributed by atoms with Crippen molar-refractivity contribution >= 4 is 17.7 Å². The van der Waals surface area contributed by atoms with Crippen LogP contribution in [-0.2, 0) is 4.79 Å². The van der Waals surface area contributed by atoms with Crippen molar-refractivity contribution in [2.75, 3.05) is 18.8 Å². The minimum atomic E-state index is 0.238. The smallest absolute Gasteiger partial charge is 0.234 e. The predicted molar refractivity (Wildman–Crippen MR) is 87.2 cm³/mol. The summed E-state index contributed by atoms with van der Waals surface area (Å²) in [6, 6.07) is 0.937. The lowest BCUT2D eigenvalue weighted by Gasteiger charge is -2.37. The predicted octanol–water partition coefficient (Wildman–Crippen LogP) is 3.04. The highest BCUT2D eigenvalue weighted by Gasteiger charge is 2.27. The molecule has 1 aliphatic heterocycles. The summed E-state index contributed by atoms with van der Waals surface area (Å²) in [7, 11) is 0. The van der Waals surface area contributed by atoms with Crippen molar-refractivity contribution in [3.8, 4) is 0 Å². The van der Waals surface area contributed by atoms with Crippen LogP contribution in [0.4, 0.5) is 0 Å². The largest absolute Gasteiger partial charge is 0.352 e. The standard InChI is InChI=1S/C16H30N2OS/c1-13-14(2)20-11-10-18(13)12-16(19)17-15-8-6-4-3-5-7-9-15/h13-15H,3-12H2,1-2H3,(H,17,19). The summed E-state index contributed by atoms with van der Waals surface area (Å²) in [5, 5.41) is 3.92. The molecule has 2 atom stereocenters. The molecule has 1 N–H and O–H groups in total. The van der Waals surface area contributed by atoms with E-state index >= 15 is 0 Å². The van der Waals surface area contributed by atoms with Crippen LogP contribution in [0.25, 0.3) is 0 Å². The number of carbonyl (C=O) groups excluding carboxylic acids is 1. The van der Waals surface area contributed by atoms with Crippen LogP contribution in [0, 0.1) is 0 Å². The van der Waals surface area contributed by atoms with Gasteiger partial charge in [-0.15, -0.1) is 0 Å². The fourth-order valence-corrected chi connectivity index (χ4v) is 4.44. The fraction of sp³-hybridized carbons (Fsp3) is 0.938. The lowest BCUT2D eigenvalue weighted by molar-refractivity contribution is -0.123. The van der Waals surface area contributed by atoms with E-state index in [1.54, 1.807) is 0 Å². The van der Waals surface area contributed by atoms with E-state index in [9.17, 15) is 4.79 Å². The lowest BCUT2D eigenvalue weighted by atomic mass is 9.97. The number of nitrogens with one attached hydrogen (secondary N) is 1. The fourth-order valence-electron chi connectivity index (χ4n) is 3.28. The van der Waals surface area contributed by atoms with Crippen molar-refractivity contribution in [3.63, 3.8) is 0 Å². The molecule has 2 rings (SSSR count). The number of thioether (sulfide) groups is 1. The topological polar surface area (TPSA) is 32.3 Å². The van der Waals surface area contributed by atoms with Crippen LogP contribution in [-0.4, -0.2) is 47.0 Å². The second kappa shape index (κ2) is 8.28. The second-order valence-corrected chi connectivity index (χ2v) is 7.88. The second-order valence-electron chi connectivity index (χ2n) is 6.40. The van der Waals surface area contributed by atoms with Gasteiger partial charge >= 0.3 is 0 Å².